The van der Waals surface area contributed by atoms with E-state index in [0.717, 1.165) is 24.2 Å². The molecule has 3 aromatic rings. The highest BCUT2D eigenvalue weighted by Crippen LogP contribution is 2.29. The maximum Gasteiger partial charge on any atom is 0.263 e. The van der Waals surface area contributed by atoms with E-state index in [0.29, 0.717) is 11.7 Å². The lowest BCUT2D eigenvalue weighted by Gasteiger charge is -2.20. The maximum atomic E-state index is 14.2. The minimum Gasteiger partial charge on any atom is -0.340 e. The van der Waals surface area contributed by atoms with Crippen LogP contribution in [0.25, 0.3) is 11.3 Å². The van der Waals surface area contributed by atoms with Crippen molar-refractivity contribution in [2.24, 2.45) is 0 Å². The molecule has 2 aromatic carbocycles. The second kappa shape index (κ2) is 9.08. The molecule has 0 unspecified atom stereocenters. The summed E-state index contributed by atoms with van der Waals surface area (Å²) in [5.41, 5.74) is 3.09. The molecule has 4 nitrogen and oxygen atoms in total. The van der Waals surface area contributed by atoms with Crippen LogP contribution in [-0.4, -0.2) is 38.1 Å². The van der Waals surface area contributed by atoms with Gasteiger partial charge in [-0.15, -0.1) is 11.3 Å². The van der Waals surface area contributed by atoms with E-state index < -0.39 is 5.82 Å². The highest BCUT2D eigenvalue weighted by molar-refractivity contribution is 7.14. The van der Waals surface area contributed by atoms with Crippen molar-refractivity contribution >= 4 is 22.4 Å². The van der Waals surface area contributed by atoms with E-state index in [4.69, 9.17) is 0 Å². The number of hydrogen-bond donors (Lipinski definition) is 1. The minimum atomic E-state index is -0.508. The lowest BCUT2D eigenvalue weighted by atomic mass is 10.1. The molecular weight excluding hydrogens is 373 g/mol. The zero-order chi connectivity index (χ0) is 20.1. The van der Waals surface area contributed by atoms with Gasteiger partial charge in [0.2, 0.25) is 0 Å². The average Bonchev–Trinajstić information content (AvgIpc) is 3.15. The number of hydrogen-bond acceptors (Lipinski definition) is 3. The van der Waals surface area contributed by atoms with Gasteiger partial charge in [0.15, 0.2) is 5.13 Å². The number of thiazole rings is 1. The smallest absolute Gasteiger partial charge is 0.263 e. The Morgan fingerprint density at radius 2 is 1.86 bits per heavy atom. The van der Waals surface area contributed by atoms with Crippen molar-refractivity contribution in [1.29, 1.82) is 0 Å². The Morgan fingerprint density at radius 1 is 1.14 bits per heavy atom. The number of nitrogens with zero attached hydrogens (tertiary/aromatic N) is 2. The Hall–Kier alpha value is -2.57. The van der Waals surface area contributed by atoms with Gasteiger partial charge in [-0.05, 0) is 19.1 Å². The van der Waals surface area contributed by atoms with Crippen molar-refractivity contribution < 1.29 is 14.1 Å². The fourth-order valence-corrected chi connectivity index (χ4v) is 3.76. The van der Waals surface area contributed by atoms with Gasteiger partial charge in [-0.3, -0.25) is 9.69 Å². The summed E-state index contributed by atoms with van der Waals surface area (Å²) in [6.45, 7) is 3.45. The van der Waals surface area contributed by atoms with Crippen molar-refractivity contribution in [2.45, 2.75) is 13.3 Å². The van der Waals surface area contributed by atoms with E-state index in [1.165, 1.54) is 33.9 Å². The van der Waals surface area contributed by atoms with Crippen molar-refractivity contribution in [2.75, 3.05) is 32.1 Å². The zero-order valence-electron chi connectivity index (χ0n) is 16.4. The Labute approximate surface area is 169 Å². The summed E-state index contributed by atoms with van der Waals surface area (Å²) in [5.74, 6) is -0.859. The van der Waals surface area contributed by atoms with Gasteiger partial charge in [0, 0.05) is 23.9 Å². The molecule has 1 aromatic heterocycles. The topological polar surface area (TPSA) is 37.6 Å². The number of amides is 1. The number of halogens is 1. The molecule has 0 aliphatic heterocycles. The van der Waals surface area contributed by atoms with Gasteiger partial charge < -0.3 is 4.90 Å². The van der Waals surface area contributed by atoms with Crippen molar-refractivity contribution in [3.05, 3.63) is 70.9 Å². The second-order valence-electron chi connectivity index (χ2n) is 7.13. The van der Waals surface area contributed by atoms with Gasteiger partial charge in [0.25, 0.3) is 5.91 Å². The minimum absolute atomic E-state index is 0.0757. The molecule has 6 heteroatoms. The van der Waals surface area contributed by atoms with Gasteiger partial charge in [-0.1, -0.05) is 42.0 Å². The molecule has 146 valence electrons. The molecule has 1 N–H and O–H groups in total. The number of carbonyl (C=O) groups excluding carboxylic acids is 1. The lowest BCUT2D eigenvalue weighted by molar-refractivity contribution is -0.858. The van der Waals surface area contributed by atoms with Crippen LogP contribution in [0.3, 0.4) is 0 Å². The molecule has 0 aliphatic rings. The fourth-order valence-electron chi connectivity index (χ4n) is 2.90. The van der Waals surface area contributed by atoms with E-state index in [9.17, 15) is 9.18 Å². The molecule has 0 bridgehead atoms. The summed E-state index contributed by atoms with van der Waals surface area (Å²) in [5, 5.41) is 2.54. The first-order valence-electron chi connectivity index (χ1n) is 9.33. The van der Waals surface area contributed by atoms with E-state index in [-0.39, 0.29) is 11.5 Å². The molecule has 0 spiro atoms. The molecule has 0 atom stereocenters. The summed E-state index contributed by atoms with van der Waals surface area (Å²) < 4.78 is 14.2. The molecule has 0 saturated heterocycles. The first kappa shape index (κ1) is 20.2. The molecule has 3 rings (SSSR count). The summed E-state index contributed by atoms with van der Waals surface area (Å²) in [4.78, 5) is 20.7. The van der Waals surface area contributed by atoms with Gasteiger partial charge in [-0.25, -0.2) is 9.37 Å². The number of aryl methyl sites for hydroxylation is 1. The molecular formula is C22H25FN3OS+. The number of rotatable bonds is 7. The van der Waals surface area contributed by atoms with Crippen LogP contribution >= 0.6 is 11.3 Å². The van der Waals surface area contributed by atoms with Crippen molar-refractivity contribution in [1.82, 2.24) is 4.98 Å². The molecule has 0 saturated carbocycles. The summed E-state index contributed by atoms with van der Waals surface area (Å²) >= 11 is 1.41. The van der Waals surface area contributed by atoms with Crippen LogP contribution < -0.4 is 9.80 Å². The zero-order valence-corrected chi connectivity index (χ0v) is 17.2. The average molecular weight is 399 g/mol. The molecule has 1 heterocycles. The van der Waals surface area contributed by atoms with Crippen LogP contribution in [-0.2, 0) is 0 Å². The van der Waals surface area contributed by atoms with Crippen LogP contribution in [0.15, 0.2) is 53.9 Å². The molecule has 28 heavy (non-hydrogen) atoms. The number of carbonyl (C=O) groups is 1. The van der Waals surface area contributed by atoms with Gasteiger partial charge in [0.05, 0.1) is 31.9 Å². The number of nitrogens with one attached hydrogen (secondary N) is 1. The van der Waals surface area contributed by atoms with Crippen LogP contribution in [0.4, 0.5) is 9.52 Å². The number of aromatic nitrogens is 1. The third kappa shape index (κ3) is 4.82. The van der Waals surface area contributed by atoms with E-state index in [1.54, 1.807) is 17.0 Å². The van der Waals surface area contributed by atoms with Crippen LogP contribution in [0, 0.1) is 12.7 Å². The Morgan fingerprint density at radius 3 is 2.54 bits per heavy atom. The highest BCUT2D eigenvalue weighted by Gasteiger charge is 2.23. The van der Waals surface area contributed by atoms with Crippen LogP contribution in [0.1, 0.15) is 22.3 Å². The van der Waals surface area contributed by atoms with Gasteiger partial charge in [-0.2, -0.15) is 0 Å². The van der Waals surface area contributed by atoms with E-state index in [1.807, 2.05) is 36.6 Å². The Bertz CT molecular complexity index is 937. The number of quaternary nitrogens is 1. The first-order valence-corrected chi connectivity index (χ1v) is 10.2. The maximum absolute atomic E-state index is 14.2. The predicted octanol–water partition coefficient (Wildman–Crippen LogP) is 3.44. The molecule has 0 fully saturated rings. The predicted molar refractivity (Wildman–Crippen MR) is 113 cm³/mol. The lowest BCUT2D eigenvalue weighted by Crippen LogP contribution is -3.05. The fraction of sp³-hybridized carbons (Fsp3) is 0.273. The molecule has 1 amide bonds. The largest absolute Gasteiger partial charge is 0.340 e. The summed E-state index contributed by atoms with van der Waals surface area (Å²) in [7, 11) is 4.14. The normalized spacial score (nSPS) is 11.0. The first-order chi connectivity index (χ1) is 13.5. The second-order valence-corrected chi connectivity index (χ2v) is 7.97. The Balaban J connectivity index is 1.89. The number of anilines is 1. The standard InChI is InChI=1S/C22H24FN3OS/c1-16-9-11-17(12-10-16)20-15-28-22(24-20)26(14-6-13-25(2)3)21(27)18-7-4-5-8-19(18)23/h4-5,7-12,15H,6,13-14H2,1-3H3/p+1. The SMILES string of the molecule is Cc1ccc(-c2csc(N(CCC[NH+](C)C)C(=O)c3ccccc3F)n2)cc1. The van der Waals surface area contributed by atoms with Gasteiger partial charge in [0.1, 0.15) is 5.82 Å². The number of benzene rings is 2. The third-order valence-corrected chi connectivity index (χ3v) is 5.34. The molecule has 0 aliphatic carbocycles. The van der Waals surface area contributed by atoms with E-state index >= 15 is 0 Å². The highest BCUT2D eigenvalue weighted by atomic mass is 32.1. The monoisotopic (exact) mass is 398 g/mol. The van der Waals surface area contributed by atoms with E-state index in [2.05, 4.69) is 19.1 Å². The van der Waals surface area contributed by atoms with Crippen LogP contribution in [0.5, 0.6) is 0 Å². The summed E-state index contributed by atoms with van der Waals surface area (Å²) in [6.07, 6.45) is 0.808. The molecule has 0 radical (unpaired) electrons. The summed E-state index contributed by atoms with van der Waals surface area (Å²) in [6, 6.07) is 14.2. The quantitative estimate of drug-likeness (QED) is 0.662. The van der Waals surface area contributed by atoms with Crippen molar-refractivity contribution in [3.8, 4) is 11.3 Å². The van der Waals surface area contributed by atoms with Crippen molar-refractivity contribution in [3.63, 3.8) is 0 Å². The van der Waals surface area contributed by atoms with Crippen LogP contribution in [0.2, 0.25) is 0 Å². The van der Waals surface area contributed by atoms with Gasteiger partial charge >= 0.3 is 0 Å². The third-order valence-electron chi connectivity index (χ3n) is 4.48. The Kier molecular flexibility index (Phi) is 6.54.